The van der Waals surface area contributed by atoms with Gasteiger partial charge < -0.3 is 10.6 Å². The van der Waals surface area contributed by atoms with Crippen LogP contribution in [0.3, 0.4) is 0 Å². The first-order valence-electron chi connectivity index (χ1n) is 7.03. The Morgan fingerprint density at radius 1 is 1.20 bits per heavy atom. The molecule has 4 nitrogen and oxygen atoms in total. The highest BCUT2D eigenvalue weighted by Gasteiger charge is 2.26. The summed E-state index contributed by atoms with van der Waals surface area (Å²) in [5.74, 6) is 0.0371. The highest BCUT2D eigenvalue weighted by Crippen LogP contribution is 2.27. The van der Waals surface area contributed by atoms with Gasteiger partial charge in [-0.1, -0.05) is 29.8 Å². The lowest BCUT2D eigenvalue weighted by atomic mass is 10.1. The highest BCUT2D eigenvalue weighted by molar-refractivity contribution is 6.31. The maximum atomic E-state index is 11.9. The van der Waals surface area contributed by atoms with Crippen molar-refractivity contribution in [3.63, 3.8) is 0 Å². The Bertz CT molecular complexity index is 470. The predicted molar refractivity (Wildman–Crippen MR) is 81.7 cm³/mol. The van der Waals surface area contributed by atoms with Gasteiger partial charge in [-0.05, 0) is 25.5 Å². The number of nitrogens with two attached hydrogens (primary N) is 1. The van der Waals surface area contributed by atoms with Gasteiger partial charge in [0.05, 0.1) is 6.04 Å². The zero-order valence-electron chi connectivity index (χ0n) is 12.1. The van der Waals surface area contributed by atoms with Crippen molar-refractivity contribution in [3.8, 4) is 0 Å². The van der Waals surface area contributed by atoms with E-state index in [-0.39, 0.29) is 11.9 Å². The maximum Gasteiger partial charge on any atom is 0.239 e. The minimum absolute atomic E-state index is 0.0371. The van der Waals surface area contributed by atoms with Crippen LogP contribution in [-0.2, 0) is 4.79 Å². The Labute approximate surface area is 125 Å². The first-order chi connectivity index (χ1) is 9.50. The molecule has 0 radical (unpaired) electrons. The first kappa shape index (κ1) is 15.3. The molecule has 1 fully saturated rings. The molecule has 2 rings (SSSR count). The summed E-state index contributed by atoms with van der Waals surface area (Å²) in [5, 5.41) is 0.800. The summed E-state index contributed by atoms with van der Waals surface area (Å²) in [5.41, 5.74) is 6.79. The Kier molecular flexibility index (Phi) is 5.02. The van der Waals surface area contributed by atoms with Gasteiger partial charge in [0.1, 0.15) is 0 Å². The standard InChI is InChI=1S/C15H22ClN3O/c1-11(17)15(20)19-9-7-18(8-10-19)12(2)13-5-3-4-6-14(13)16/h3-6,11-12H,7-10,17H2,1-2H3. The normalized spacial score (nSPS) is 19.7. The number of carbonyl (C=O) groups is 1. The van der Waals surface area contributed by atoms with Crippen molar-refractivity contribution in [2.24, 2.45) is 5.73 Å². The number of carbonyl (C=O) groups excluding carboxylic acids is 1. The second kappa shape index (κ2) is 6.57. The third kappa shape index (κ3) is 3.32. The molecule has 1 heterocycles. The zero-order valence-corrected chi connectivity index (χ0v) is 12.8. The average Bonchev–Trinajstić information content (AvgIpc) is 2.46. The predicted octanol–water partition coefficient (Wildman–Crippen LogP) is 1.89. The highest BCUT2D eigenvalue weighted by atomic mass is 35.5. The van der Waals surface area contributed by atoms with E-state index in [0.717, 1.165) is 36.8 Å². The molecule has 110 valence electrons. The van der Waals surface area contributed by atoms with Gasteiger partial charge in [-0.15, -0.1) is 0 Å². The lowest BCUT2D eigenvalue weighted by Gasteiger charge is -2.39. The molecule has 1 amide bonds. The first-order valence-corrected chi connectivity index (χ1v) is 7.41. The van der Waals surface area contributed by atoms with E-state index in [1.54, 1.807) is 6.92 Å². The van der Waals surface area contributed by atoms with Gasteiger partial charge in [0, 0.05) is 37.2 Å². The molecule has 1 aliphatic rings. The van der Waals surface area contributed by atoms with Crippen LogP contribution >= 0.6 is 11.6 Å². The number of hydrogen-bond acceptors (Lipinski definition) is 3. The Balaban J connectivity index is 1.97. The molecule has 0 spiro atoms. The molecule has 0 saturated carbocycles. The fourth-order valence-electron chi connectivity index (χ4n) is 2.63. The smallest absolute Gasteiger partial charge is 0.239 e. The molecule has 1 aliphatic heterocycles. The molecular weight excluding hydrogens is 274 g/mol. The van der Waals surface area contributed by atoms with E-state index in [4.69, 9.17) is 17.3 Å². The van der Waals surface area contributed by atoms with Gasteiger partial charge in [-0.2, -0.15) is 0 Å². The summed E-state index contributed by atoms with van der Waals surface area (Å²) < 4.78 is 0. The molecule has 0 aromatic heterocycles. The van der Waals surface area contributed by atoms with Crippen molar-refractivity contribution >= 4 is 17.5 Å². The average molecular weight is 296 g/mol. The third-order valence-electron chi connectivity index (χ3n) is 3.92. The topological polar surface area (TPSA) is 49.6 Å². The maximum absolute atomic E-state index is 11.9. The van der Waals surface area contributed by atoms with Crippen molar-refractivity contribution in [1.29, 1.82) is 0 Å². The van der Waals surface area contributed by atoms with E-state index in [2.05, 4.69) is 17.9 Å². The van der Waals surface area contributed by atoms with Crippen LogP contribution in [0, 0.1) is 0 Å². The molecule has 0 bridgehead atoms. The van der Waals surface area contributed by atoms with E-state index in [9.17, 15) is 4.79 Å². The minimum atomic E-state index is -0.414. The van der Waals surface area contributed by atoms with Crippen LogP contribution in [0.2, 0.25) is 5.02 Å². The van der Waals surface area contributed by atoms with E-state index in [1.807, 2.05) is 23.1 Å². The minimum Gasteiger partial charge on any atom is -0.339 e. The van der Waals surface area contributed by atoms with Crippen molar-refractivity contribution in [2.45, 2.75) is 25.9 Å². The van der Waals surface area contributed by atoms with Gasteiger partial charge in [0.15, 0.2) is 0 Å². The van der Waals surface area contributed by atoms with Crippen LogP contribution < -0.4 is 5.73 Å². The summed E-state index contributed by atoms with van der Waals surface area (Å²) in [6.07, 6.45) is 0. The van der Waals surface area contributed by atoms with E-state index < -0.39 is 6.04 Å². The molecular formula is C15H22ClN3O. The fraction of sp³-hybridized carbons (Fsp3) is 0.533. The van der Waals surface area contributed by atoms with Crippen LogP contribution in [-0.4, -0.2) is 47.9 Å². The number of benzene rings is 1. The summed E-state index contributed by atoms with van der Waals surface area (Å²) >= 11 is 6.25. The second-order valence-electron chi connectivity index (χ2n) is 5.35. The largest absolute Gasteiger partial charge is 0.339 e. The van der Waals surface area contributed by atoms with Gasteiger partial charge in [-0.3, -0.25) is 9.69 Å². The molecule has 2 unspecified atom stereocenters. The van der Waals surface area contributed by atoms with Gasteiger partial charge >= 0.3 is 0 Å². The Hall–Kier alpha value is -1.10. The number of halogens is 1. The van der Waals surface area contributed by atoms with E-state index in [0.29, 0.717) is 0 Å². The number of amides is 1. The zero-order chi connectivity index (χ0) is 14.7. The third-order valence-corrected chi connectivity index (χ3v) is 4.26. The number of piperazine rings is 1. The van der Waals surface area contributed by atoms with Crippen LogP contribution in [0.1, 0.15) is 25.5 Å². The van der Waals surface area contributed by atoms with Crippen LogP contribution in [0.5, 0.6) is 0 Å². The lowest BCUT2D eigenvalue weighted by Crippen LogP contribution is -2.52. The molecule has 2 N–H and O–H groups in total. The number of hydrogen-bond donors (Lipinski definition) is 1. The Morgan fingerprint density at radius 3 is 2.35 bits per heavy atom. The molecule has 1 aromatic rings. The van der Waals surface area contributed by atoms with E-state index >= 15 is 0 Å². The van der Waals surface area contributed by atoms with Crippen molar-refractivity contribution < 1.29 is 4.79 Å². The summed E-state index contributed by atoms with van der Waals surface area (Å²) in [6, 6.07) is 7.78. The van der Waals surface area contributed by atoms with Crippen LogP contribution in [0.15, 0.2) is 24.3 Å². The SMILES string of the molecule is CC(N)C(=O)N1CCN(C(C)c2ccccc2Cl)CC1. The summed E-state index contributed by atoms with van der Waals surface area (Å²) in [6.45, 7) is 7.06. The molecule has 5 heteroatoms. The molecule has 0 aliphatic carbocycles. The van der Waals surface area contributed by atoms with Gasteiger partial charge in [0.25, 0.3) is 0 Å². The lowest BCUT2D eigenvalue weighted by molar-refractivity contribution is -0.134. The molecule has 2 atom stereocenters. The quantitative estimate of drug-likeness (QED) is 0.926. The Morgan fingerprint density at radius 2 is 1.80 bits per heavy atom. The van der Waals surface area contributed by atoms with Gasteiger partial charge in [0.2, 0.25) is 5.91 Å². The molecule has 1 aromatic carbocycles. The van der Waals surface area contributed by atoms with Crippen LogP contribution in [0.4, 0.5) is 0 Å². The van der Waals surface area contributed by atoms with E-state index in [1.165, 1.54) is 0 Å². The molecule has 20 heavy (non-hydrogen) atoms. The summed E-state index contributed by atoms with van der Waals surface area (Å²) in [4.78, 5) is 16.1. The molecule has 1 saturated heterocycles. The van der Waals surface area contributed by atoms with Crippen molar-refractivity contribution in [2.75, 3.05) is 26.2 Å². The number of nitrogens with zero attached hydrogens (tertiary/aromatic N) is 2. The fourth-order valence-corrected chi connectivity index (χ4v) is 2.92. The number of rotatable bonds is 3. The monoisotopic (exact) mass is 295 g/mol. The van der Waals surface area contributed by atoms with Gasteiger partial charge in [-0.25, -0.2) is 0 Å². The van der Waals surface area contributed by atoms with Crippen LogP contribution in [0.25, 0.3) is 0 Å². The second-order valence-corrected chi connectivity index (χ2v) is 5.75. The van der Waals surface area contributed by atoms with Crippen molar-refractivity contribution in [3.05, 3.63) is 34.9 Å². The summed E-state index contributed by atoms with van der Waals surface area (Å²) in [7, 11) is 0. The van der Waals surface area contributed by atoms with Crippen molar-refractivity contribution in [1.82, 2.24) is 9.80 Å².